The molecule has 2 aromatic carbocycles. The van der Waals surface area contributed by atoms with Crippen molar-refractivity contribution in [2.75, 3.05) is 32.1 Å². The highest BCUT2D eigenvalue weighted by atomic mass is 35.5. The van der Waals surface area contributed by atoms with E-state index in [1.165, 1.54) is 0 Å². The third-order valence-electron chi connectivity index (χ3n) is 7.81. The minimum absolute atomic E-state index is 0.108. The lowest BCUT2D eigenvalue weighted by atomic mass is 10.00. The van der Waals surface area contributed by atoms with E-state index in [2.05, 4.69) is 39.6 Å². The first-order chi connectivity index (χ1) is 19.8. The first kappa shape index (κ1) is 30.3. The highest BCUT2D eigenvalue weighted by Gasteiger charge is 2.30. The Bertz CT molecular complexity index is 1300. The molecule has 8 nitrogen and oxygen atoms in total. The second kappa shape index (κ2) is 14.3. The number of nitrogens with one attached hydrogen (secondary N) is 2. The molecule has 3 amide bonds. The Morgan fingerprint density at radius 3 is 2.46 bits per heavy atom. The average molecular weight is 578 g/mol. The van der Waals surface area contributed by atoms with Crippen molar-refractivity contribution in [1.82, 2.24) is 20.1 Å². The molecule has 3 aromatic rings. The van der Waals surface area contributed by atoms with Gasteiger partial charge in [0.05, 0.1) is 24.1 Å². The van der Waals surface area contributed by atoms with Crippen LogP contribution in [0.4, 0.5) is 10.5 Å². The van der Waals surface area contributed by atoms with Crippen LogP contribution in [0.5, 0.6) is 5.75 Å². The zero-order chi connectivity index (χ0) is 29.4. The molecular weight excluding hydrogens is 538 g/mol. The predicted molar refractivity (Wildman–Crippen MR) is 164 cm³/mol. The maximum atomic E-state index is 13.6. The number of piperidine rings is 1. The number of pyridine rings is 1. The Morgan fingerprint density at radius 2 is 1.78 bits per heavy atom. The van der Waals surface area contributed by atoms with Gasteiger partial charge in [-0.05, 0) is 69.4 Å². The number of para-hydroxylation sites is 2. The summed E-state index contributed by atoms with van der Waals surface area (Å²) in [5.41, 5.74) is 3.80. The van der Waals surface area contributed by atoms with E-state index in [9.17, 15) is 9.59 Å². The van der Waals surface area contributed by atoms with Crippen molar-refractivity contribution in [2.45, 2.75) is 58.7 Å². The van der Waals surface area contributed by atoms with Gasteiger partial charge in [0.1, 0.15) is 10.9 Å². The number of rotatable bonds is 10. The van der Waals surface area contributed by atoms with E-state index in [1.807, 2.05) is 54.3 Å². The lowest BCUT2D eigenvalue weighted by molar-refractivity contribution is 0.0918. The van der Waals surface area contributed by atoms with Crippen LogP contribution in [0.2, 0.25) is 5.15 Å². The molecule has 41 heavy (non-hydrogen) atoms. The average Bonchev–Trinajstić information content (AvgIpc) is 2.96. The third kappa shape index (κ3) is 7.99. The zero-order valence-corrected chi connectivity index (χ0v) is 25.1. The largest absolute Gasteiger partial charge is 0.495 e. The second-order valence-corrected chi connectivity index (χ2v) is 11.0. The second-order valence-electron chi connectivity index (χ2n) is 10.6. The summed E-state index contributed by atoms with van der Waals surface area (Å²) in [7, 11) is 1.60. The van der Waals surface area contributed by atoms with Gasteiger partial charge in [-0.15, -0.1) is 0 Å². The lowest BCUT2D eigenvalue weighted by Crippen LogP contribution is -2.50. The van der Waals surface area contributed by atoms with E-state index in [0.717, 1.165) is 43.5 Å². The number of methoxy groups -OCH3 is 1. The zero-order valence-electron chi connectivity index (χ0n) is 24.3. The van der Waals surface area contributed by atoms with E-state index >= 15 is 0 Å². The molecule has 2 heterocycles. The van der Waals surface area contributed by atoms with E-state index in [0.29, 0.717) is 47.0 Å². The standard InChI is InChI=1S/C32H40ClN5O3/c1-22-20-29(33)35-24(3)30(22)31(39)34-17-14-23(2)37-18-15-26(16-19-37)38(21-25-10-6-5-7-11-25)32(40)36-27-12-8-9-13-28(27)41-4/h5-13,20,23,26H,14-19,21H2,1-4H3,(H,34,39)(H,36,40). The number of ether oxygens (including phenoxy) is 1. The number of hydrogen-bond acceptors (Lipinski definition) is 5. The van der Waals surface area contributed by atoms with E-state index in [-0.39, 0.29) is 18.0 Å². The van der Waals surface area contributed by atoms with Crippen molar-refractivity contribution in [3.8, 4) is 5.75 Å². The highest BCUT2D eigenvalue weighted by Crippen LogP contribution is 2.26. The molecule has 1 aliphatic rings. The molecule has 4 rings (SSSR count). The summed E-state index contributed by atoms with van der Waals surface area (Å²) in [4.78, 5) is 35.0. The number of aromatic nitrogens is 1. The minimum atomic E-state index is -0.130. The van der Waals surface area contributed by atoms with Gasteiger partial charge in [-0.25, -0.2) is 9.78 Å². The molecule has 1 aliphatic heterocycles. The Kier molecular flexibility index (Phi) is 10.6. The first-order valence-corrected chi connectivity index (χ1v) is 14.5. The number of carbonyl (C=O) groups is 2. The van der Waals surface area contributed by atoms with Crippen molar-refractivity contribution in [3.63, 3.8) is 0 Å². The van der Waals surface area contributed by atoms with Gasteiger partial charge in [-0.2, -0.15) is 0 Å². The molecule has 1 atom stereocenters. The normalized spacial score (nSPS) is 14.8. The van der Waals surface area contributed by atoms with Crippen molar-refractivity contribution < 1.29 is 14.3 Å². The van der Waals surface area contributed by atoms with Gasteiger partial charge in [0.25, 0.3) is 5.91 Å². The molecule has 0 bridgehead atoms. The Labute approximate surface area is 248 Å². The Hall–Kier alpha value is -3.62. The smallest absolute Gasteiger partial charge is 0.322 e. The van der Waals surface area contributed by atoms with Crippen LogP contribution < -0.4 is 15.4 Å². The molecule has 9 heteroatoms. The third-order valence-corrected chi connectivity index (χ3v) is 8.00. The summed E-state index contributed by atoms with van der Waals surface area (Å²) in [6.45, 7) is 8.75. The summed E-state index contributed by atoms with van der Waals surface area (Å²) in [5, 5.41) is 6.52. The number of amides is 3. The molecule has 1 aromatic heterocycles. The maximum absolute atomic E-state index is 13.6. The number of anilines is 1. The monoisotopic (exact) mass is 577 g/mol. The Balaban J connectivity index is 1.33. The molecule has 0 radical (unpaired) electrons. The van der Waals surface area contributed by atoms with Crippen LogP contribution in [-0.4, -0.2) is 65.5 Å². The number of halogens is 1. The van der Waals surface area contributed by atoms with Crippen molar-refractivity contribution in [2.24, 2.45) is 0 Å². The number of hydrogen-bond donors (Lipinski definition) is 2. The lowest BCUT2D eigenvalue weighted by Gasteiger charge is -2.41. The SMILES string of the molecule is COc1ccccc1NC(=O)N(Cc1ccccc1)C1CCN(C(C)CCNC(=O)c2c(C)cc(Cl)nc2C)CC1. The maximum Gasteiger partial charge on any atom is 0.322 e. The predicted octanol–water partition coefficient (Wildman–Crippen LogP) is 6.07. The van der Waals surface area contributed by atoms with E-state index < -0.39 is 0 Å². The fourth-order valence-electron chi connectivity index (χ4n) is 5.51. The number of nitrogens with zero attached hydrogens (tertiary/aromatic N) is 3. The fourth-order valence-corrected chi connectivity index (χ4v) is 5.80. The van der Waals surface area contributed by atoms with Crippen LogP contribution in [0.1, 0.15) is 53.4 Å². The van der Waals surface area contributed by atoms with Crippen LogP contribution in [0.15, 0.2) is 60.7 Å². The van der Waals surface area contributed by atoms with Crippen molar-refractivity contribution >= 4 is 29.2 Å². The fraction of sp³-hybridized carbons (Fsp3) is 0.406. The topological polar surface area (TPSA) is 86.8 Å². The number of urea groups is 1. The van der Waals surface area contributed by atoms with Crippen molar-refractivity contribution in [1.29, 1.82) is 0 Å². The van der Waals surface area contributed by atoms with Gasteiger partial charge < -0.3 is 25.2 Å². The number of aryl methyl sites for hydroxylation is 2. The summed E-state index contributed by atoms with van der Waals surface area (Å²) in [6.07, 6.45) is 2.58. The molecule has 0 spiro atoms. The van der Waals surface area contributed by atoms with Crippen LogP contribution in [0.25, 0.3) is 0 Å². The number of benzene rings is 2. The number of likely N-dealkylation sites (tertiary alicyclic amines) is 1. The van der Waals surface area contributed by atoms with Gasteiger partial charge in [0, 0.05) is 38.3 Å². The summed E-state index contributed by atoms with van der Waals surface area (Å²) >= 11 is 6.02. The van der Waals surface area contributed by atoms with Crippen LogP contribution in [0, 0.1) is 13.8 Å². The minimum Gasteiger partial charge on any atom is -0.495 e. The summed E-state index contributed by atoms with van der Waals surface area (Å²) < 4.78 is 5.44. The summed E-state index contributed by atoms with van der Waals surface area (Å²) in [6, 6.07) is 19.6. The molecule has 0 saturated carbocycles. The van der Waals surface area contributed by atoms with Crippen LogP contribution in [0.3, 0.4) is 0 Å². The van der Waals surface area contributed by atoms with E-state index in [4.69, 9.17) is 16.3 Å². The van der Waals surface area contributed by atoms with Gasteiger partial charge in [0.2, 0.25) is 0 Å². The number of carbonyl (C=O) groups excluding carboxylic acids is 2. The molecule has 2 N–H and O–H groups in total. The quantitative estimate of drug-likeness (QED) is 0.286. The molecular formula is C32H40ClN5O3. The van der Waals surface area contributed by atoms with Gasteiger partial charge in [0.15, 0.2) is 0 Å². The van der Waals surface area contributed by atoms with Gasteiger partial charge in [-0.1, -0.05) is 54.1 Å². The van der Waals surface area contributed by atoms with Crippen molar-refractivity contribution in [3.05, 3.63) is 88.2 Å². The molecule has 1 saturated heterocycles. The van der Waals surface area contributed by atoms with E-state index in [1.54, 1.807) is 20.1 Å². The van der Waals surface area contributed by atoms with Gasteiger partial charge >= 0.3 is 6.03 Å². The molecule has 1 fully saturated rings. The summed E-state index contributed by atoms with van der Waals surface area (Å²) in [5.74, 6) is 0.515. The van der Waals surface area contributed by atoms with Crippen LogP contribution in [-0.2, 0) is 6.54 Å². The highest BCUT2D eigenvalue weighted by molar-refractivity contribution is 6.29. The molecule has 218 valence electrons. The van der Waals surface area contributed by atoms with Gasteiger partial charge in [-0.3, -0.25) is 4.79 Å². The van der Waals surface area contributed by atoms with Crippen LogP contribution >= 0.6 is 11.6 Å². The molecule has 0 aliphatic carbocycles. The first-order valence-electron chi connectivity index (χ1n) is 14.2. The Morgan fingerprint density at radius 1 is 1.10 bits per heavy atom. The molecule has 1 unspecified atom stereocenters.